The van der Waals surface area contributed by atoms with E-state index in [0.29, 0.717) is 28.4 Å². The summed E-state index contributed by atoms with van der Waals surface area (Å²) in [5.74, 6) is 1.51. The highest BCUT2D eigenvalue weighted by atomic mass is 16.1. The molecule has 1 heteroatoms. The Morgan fingerprint density at radius 3 is 1.94 bits per heavy atom. The minimum Gasteiger partial charge on any atom is -0.300 e. The Kier molecular flexibility index (Phi) is 4.43. The van der Waals surface area contributed by atoms with Crippen LogP contribution < -0.4 is 0 Å². The predicted molar refractivity (Wildman–Crippen MR) is 74.0 cm³/mol. The first-order valence-electron chi connectivity index (χ1n) is 7.35. The fraction of sp³-hybridized carbons (Fsp3) is 0.938. The van der Waals surface area contributed by atoms with Crippen LogP contribution >= 0.6 is 0 Å². The Hall–Kier alpha value is -0.330. The summed E-state index contributed by atoms with van der Waals surface area (Å²) in [7, 11) is 0. The maximum absolute atomic E-state index is 11.5. The second-order valence-electron chi connectivity index (χ2n) is 6.90. The molecule has 0 saturated heterocycles. The zero-order valence-electron chi connectivity index (χ0n) is 12.6. The lowest BCUT2D eigenvalue weighted by atomic mass is 9.57. The first-order valence-corrected chi connectivity index (χ1v) is 7.35. The maximum atomic E-state index is 11.5. The molecule has 100 valence electrons. The molecule has 0 spiro atoms. The van der Waals surface area contributed by atoms with Gasteiger partial charge in [0.2, 0.25) is 0 Å². The third-order valence-corrected chi connectivity index (χ3v) is 4.95. The summed E-state index contributed by atoms with van der Waals surface area (Å²) in [6.45, 7) is 12.9. The van der Waals surface area contributed by atoms with Gasteiger partial charge in [0.1, 0.15) is 5.78 Å². The highest BCUT2D eigenvalue weighted by Gasteiger charge is 2.51. The zero-order valence-corrected chi connectivity index (χ0v) is 12.6. The second kappa shape index (κ2) is 5.12. The van der Waals surface area contributed by atoms with Gasteiger partial charge in [-0.3, -0.25) is 4.79 Å². The Morgan fingerprint density at radius 1 is 1.06 bits per heavy atom. The van der Waals surface area contributed by atoms with Gasteiger partial charge in [0.25, 0.3) is 0 Å². The standard InChI is InChI=1S/C14H24O.C2H6/c1-10(15)11-5-6-12(11)14(4)8-7-13(2,3)9-14;1-2/h11-12H,5-9H2,1-4H3;1-2H3. The molecular weight excluding hydrogens is 208 g/mol. The average molecular weight is 238 g/mol. The number of hydrogen-bond acceptors (Lipinski definition) is 1. The zero-order chi connectivity index (χ0) is 13.3. The van der Waals surface area contributed by atoms with Crippen molar-refractivity contribution < 1.29 is 4.79 Å². The van der Waals surface area contributed by atoms with Gasteiger partial charge in [-0.25, -0.2) is 0 Å². The van der Waals surface area contributed by atoms with E-state index in [1.807, 2.05) is 13.8 Å². The normalized spacial score (nSPS) is 38.9. The molecule has 2 fully saturated rings. The minimum absolute atomic E-state index is 0.393. The molecule has 3 atom stereocenters. The molecule has 0 aromatic carbocycles. The molecule has 0 heterocycles. The van der Waals surface area contributed by atoms with Gasteiger partial charge in [0.05, 0.1) is 0 Å². The van der Waals surface area contributed by atoms with Crippen molar-refractivity contribution in [2.75, 3.05) is 0 Å². The number of carbonyl (C=O) groups is 1. The monoisotopic (exact) mass is 238 g/mol. The third-order valence-electron chi connectivity index (χ3n) is 4.95. The van der Waals surface area contributed by atoms with Crippen LogP contribution in [0.1, 0.15) is 73.6 Å². The van der Waals surface area contributed by atoms with E-state index in [4.69, 9.17) is 0 Å². The molecule has 1 nitrogen and oxygen atoms in total. The van der Waals surface area contributed by atoms with Gasteiger partial charge in [-0.15, -0.1) is 0 Å². The van der Waals surface area contributed by atoms with Crippen LogP contribution in [0.5, 0.6) is 0 Å². The van der Waals surface area contributed by atoms with Gasteiger partial charge in [-0.05, 0) is 55.8 Å². The van der Waals surface area contributed by atoms with Crippen molar-refractivity contribution >= 4 is 5.78 Å². The topological polar surface area (TPSA) is 17.1 Å². The van der Waals surface area contributed by atoms with Gasteiger partial charge in [-0.2, -0.15) is 0 Å². The van der Waals surface area contributed by atoms with Crippen LogP contribution in [0, 0.1) is 22.7 Å². The number of carbonyl (C=O) groups excluding carboxylic acids is 1. The second-order valence-corrected chi connectivity index (χ2v) is 6.90. The van der Waals surface area contributed by atoms with Crippen LogP contribution in [0.3, 0.4) is 0 Å². The molecule has 2 aliphatic carbocycles. The van der Waals surface area contributed by atoms with Gasteiger partial charge >= 0.3 is 0 Å². The predicted octanol–water partition coefficient (Wildman–Crippen LogP) is 4.84. The number of rotatable bonds is 2. The van der Waals surface area contributed by atoms with Crippen molar-refractivity contribution in [3.8, 4) is 0 Å². The fourth-order valence-electron chi connectivity index (χ4n) is 4.03. The fourth-order valence-corrected chi connectivity index (χ4v) is 4.03. The van der Waals surface area contributed by atoms with Crippen molar-refractivity contribution in [1.29, 1.82) is 0 Å². The summed E-state index contributed by atoms with van der Waals surface area (Å²) in [5.41, 5.74) is 0.962. The number of Topliss-reactive ketones (excluding diaryl/α,β-unsaturated/α-hetero) is 1. The van der Waals surface area contributed by atoms with Gasteiger partial charge in [-0.1, -0.05) is 34.6 Å². The average Bonchev–Trinajstić information content (AvgIpc) is 2.41. The maximum Gasteiger partial charge on any atom is 0.133 e. The van der Waals surface area contributed by atoms with Crippen LogP contribution in [0.2, 0.25) is 0 Å². The quantitative estimate of drug-likeness (QED) is 0.672. The Balaban J connectivity index is 0.000000686. The van der Waals surface area contributed by atoms with E-state index in [1.54, 1.807) is 6.92 Å². The molecular formula is C16H30O. The molecule has 0 aromatic rings. The van der Waals surface area contributed by atoms with Crippen LogP contribution in [0.4, 0.5) is 0 Å². The summed E-state index contributed by atoms with van der Waals surface area (Å²) in [6, 6.07) is 0. The molecule has 0 bridgehead atoms. The van der Waals surface area contributed by atoms with Gasteiger partial charge in [0, 0.05) is 5.92 Å². The van der Waals surface area contributed by atoms with Crippen molar-refractivity contribution in [2.24, 2.45) is 22.7 Å². The van der Waals surface area contributed by atoms with E-state index in [-0.39, 0.29) is 0 Å². The molecule has 0 aliphatic heterocycles. The largest absolute Gasteiger partial charge is 0.300 e. The molecule has 17 heavy (non-hydrogen) atoms. The lowest BCUT2D eigenvalue weighted by Gasteiger charge is -2.46. The summed E-state index contributed by atoms with van der Waals surface area (Å²) >= 11 is 0. The van der Waals surface area contributed by atoms with Gasteiger partial charge < -0.3 is 0 Å². The first-order chi connectivity index (χ1) is 7.84. The van der Waals surface area contributed by atoms with E-state index in [9.17, 15) is 4.79 Å². The van der Waals surface area contributed by atoms with Crippen LogP contribution in [0.25, 0.3) is 0 Å². The lowest BCUT2D eigenvalue weighted by molar-refractivity contribution is -0.129. The van der Waals surface area contributed by atoms with Crippen molar-refractivity contribution in [2.45, 2.75) is 73.6 Å². The summed E-state index contributed by atoms with van der Waals surface area (Å²) < 4.78 is 0. The van der Waals surface area contributed by atoms with Gasteiger partial charge in [0.15, 0.2) is 0 Å². The van der Waals surface area contributed by atoms with Crippen LogP contribution in [-0.2, 0) is 4.79 Å². The van der Waals surface area contributed by atoms with Crippen molar-refractivity contribution in [3.05, 3.63) is 0 Å². The van der Waals surface area contributed by atoms with Crippen molar-refractivity contribution in [1.82, 2.24) is 0 Å². The summed E-state index contributed by atoms with van der Waals surface area (Å²) in [6.07, 6.45) is 6.42. The lowest BCUT2D eigenvalue weighted by Crippen LogP contribution is -2.42. The van der Waals surface area contributed by atoms with E-state index in [2.05, 4.69) is 20.8 Å². The van der Waals surface area contributed by atoms with E-state index >= 15 is 0 Å². The Labute approximate surface area is 107 Å². The van der Waals surface area contributed by atoms with Crippen molar-refractivity contribution in [3.63, 3.8) is 0 Å². The third kappa shape index (κ3) is 2.92. The summed E-state index contributed by atoms with van der Waals surface area (Å²) in [5, 5.41) is 0. The smallest absolute Gasteiger partial charge is 0.133 e. The minimum atomic E-state index is 0.393. The number of ketones is 1. The SMILES string of the molecule is CC.CC(=O)C1CCC1C1(C)CCC(C)(C)C1. The molecule has 2 saturated carbocycles. The highest BCUT2D eigenvalue weighted by Crippen LogP contribution is 2.59. The molecule has 0 radical (unpaired) electrons. The van der Waals surface area contributed by atoms with Crippen LogP contribution in [-0.4, -0.2) is 5.78 Å². The molecule has 0 N–H and O–H groups in total. The van der Waals surface area contributed by atoms with Crippen LogP contribution in [0.15, 0.2) is 0 Å². The molecule has 2 aliphatic rings. The Morgan fingerprint density at radius 2 is 1.65 bits per heavy atom. The first kappa shape index (κ1) is 14.7. The summed E-state index contributed by atoms with van der Waals surface area (Å²) in [4.78, 5) is 11.5. The van der Waals surface area contributed by atoms with E-state index in [0.717, 1.165) is 6.42 Å². The Bertz CT molecular complexity index is 279. The van der Waals surface area contributed by atoms with E-state index in [1.165, 1.54) is 25.7 Å². The molecule has 3 unspecified atom stereocenters. The highest BCUT2D eigenvalue weighted by molar-refractivity contribution is 5.79. The molecule has 0 amide bonds. The molecule has 2 rings (SSSR count). The molecule has 0 aromatic heterocycles. The van der Waals surface area contributed by atoms with E-state index < -0.39 is 0 Å². The number of hydrogen-bond donors (Lipinski definition) is 0.